The zero-order valence-electron chi connectivity index (χ0n) is 13.0. The fourth-order valence-corrected chi connectivity index (χ4v) is 2.69. The number of hydrogen-bond donors (Lipinski definition) is 3. The van der Waals surface area contributed by atoms with Gasteiger partial charge in [-0.15, -0.1) is 0 Å². The van der Waals surface area contributed by atoms with Gasteiger partial charge in [0.1, 0.15) is 11.9 Å². The van der Waals surface area contributed by atoms with Crippen molar-refractivity contribution in [2.75, 3.05) is 24.5 Å². The summed E-state index contributed by atoms with van der Waals surface area (Å²) < 4.78 is 18.8. The first kappa shape index (κ1) is 16.3. The van der Waals surface area contributed by atoms with Crippen molar-refractivity contribution >= 4 is 11.8 Å². The second-order valence-electron chi connectivity index (χ2n) is 5.63. The number of hydrogen-bond acceptors (Lipinski definition) is 5. The number of furan rings is 1. The van der Waals surface area contributed by atoms with Crippen LogP contribution in [-0.2, 0) is 0 Å². The van der Waals surface area contributed by atoms with E-state index in [4.69, 9.17) is 4.42 Å². The van der Waals surface area contributed by atoms with Crippen molar-refractivity contribution in [1.29, 1.82) is 0 Å². The minimum absolute atomic E-state index is 0.0463. The molecule has 0 spiro atoms. The Kier molecular flexibility index (Phi) is 4.95. The van der Waals surface area contributed by atoms with Crippen molar-refractivity contribution in [3.05, 3.63) is 48.3 Å². The normalized spacial score (nSPS) is 18.4. The number of aromatic nitrogens is 1. The summed E-state index contributed by atoms with van der Waals surface area (Å²) in [5, 5.41) is 15.3. The Morgan fingerprint density at radius 1 is 1.50 bits per heavy atom. The molecular formula is C16H19FN4O3. The Balaban J connectivity index is 1.45. The maximum Gasteiger partial charge on any atom is 0.315 e. The highest BCUT2D eigenvalue weighted by Gasteiger charge is 2.26. The van der Waals surface area contributed by atoms with Gasteiger partial charge >= 0.3 is 6.03 Å². The highest BCUT2D eigenvalue weighted by atomic mass is 19.1. The minimum Gasteiger partial charge on any atom is -0.467 e. The fraction of sp³-hybridized carbons (Fsp3) is 0.375. The molecular weight excluding hydrogens is 315 g/mol. The first-order chi connectivity index (χ1) is 11.6. The number of anilines is 1. The predicted molar refractivity (Wildman–Crippen MR) is 85.0 cm³/mol. The van der Waals surface area contributed by atoms with Crippen molar-refractivity contribution < 1.29 is 18.7 Å². The van der Waals surface area contributed by atoms with Crippen molar-refractivity contribution in [2.45, 2.75) is 18.6 Å². The van der Waals surface area contributed by atoms with Crippen LogP contribution in [0.5, 0.6) is 0 Å². The van der Waals surface area contributed by atoms with Gasteiger partial charge < -0.3 is 25.1 Å². The molecule has 0 aromatic carbocycles. The number of nitrogens with zero attached hydrogens (tertiary/aromatic N) is 2. The number of carbonyl (C=O) groups excluding carboxylic acids is 1. The number of aliphatic hydroxyl groups is 1. The molecule has 0 saturated carbocycles. The van der Waals surface area contributed by atoms with Crippen LogP contribution in [0.3, 0.4) is 0 Å². The van der Waals surface area contributed by atoms with Gasteiger partial charge in [0.15, 0.2) is 11.6 Å². The van der Waals surface area contributed by atoms with E-state index >= 15 is 0 Å². The lowest BCUT2D eigenvalue weighted by atomic mass is 10.2. The van der Waals surface area contributed by atoms with Gasteiger partial charge in [-0.1, -0.05) is 0 Å². The molecule has 2 aromatic heterocycles. The van der Waals surface area contributed by atoms with E-state index < -0.39 is 6.10 Å². The van der Waals surface area contributed by atoms with Crippen LogP contribution >= 0.6 is 0 Å². The van der Waals surface area contributed by atoms with E-state index in [2.05, 4.69) is 15.6 Å². The summed E-state index contributed by atoms with van der Waals surface area (Å²) in [5.41, 5.74) is 0. The Hall–Kier alpha value is -2.61. The van der Waals surface area contributed by atoms with E-state index in [9.17, 15) is 14.3 Å². The van der Waals surface area contributed by atoms with E-state index in [0.29, 0.717) is 31.1 Å². The van der Waals surface area contributed by atoms with Gasteiger partial charge in [0.2, 0.25) is 0 Å². The highest BCUT2D eigenvalue weighted by molar-refractivity contribution is 5.74. The molecule has 128 valence electrons. The van der Waals surface area contributed by atoms with Crippen molar-refractivity contribution in [3.63, 3.8) is 0 Å². The maximum absolute atomic E-state index is 13.7. The average Bonchev–Trinajstić information content (AvgIpc) is 3.25. The zero-order chi connectivity index (χ0) is 16.9. The summed E-state index contributed by atoms with van der Waals surface area (Å²) in [6.07, 6.45) is 2.81. The molecule has 2 atom stereocenters. The van der Waals surface area contributed by atoms with Crippen LogP contribution in [-0.4, -0.2) is 41.8 Å². The number of rotatable bonds is 5. The lowest BCUT2D eigenvalue weighted by Crippen LogP contribution is -2.44. The van der Waals surface area contributed by atoms with E-state index in [-0.39, 0.29) is 24.4 Å². The number of urea groups is 1. The van der Waals surface area contributed by atoms with Crippen LogP contribution in [0.15, 0.2) is 41.1 Å². The molecule has 8 heteroatoms. The molecule has 1 aliphatic rings. The van der Waals surface area contributed by atoms with E-state index in [0.717, 1.165) is 0 Å². The second-order valence-corrected chi connectivity index (χ2v) is 5.63. The van der Waals surface area contributed by atoms with Gasteiger partial charge in [0, 0.05) is 25.3 Å². The summed E-state index contributed by atoms with van der Waals surface area (Å²) in [6.45, 7) is 1.15. The molecule has 3 rings (SSSR count). The van der Waals surface area contributed by atoms with Gasteiger partial charge in [-0.05, 0) is 30.7 Å². The topological polar surface area (TPSA) is 90.6 Å². The third-order valence-corrected chi connectivity index (χ3v) is 3.89. The maximum atomic E-state index is 13.7. The van der Waals surface area contributed by atoms with Gasteiger partial charge in [-0.3, -0.25) is 0 Å². The zero-order valence-corrected chi connectivity index (χ0v) is 13.0. The molecule has 3 heterocycles. The van der Waals surface area contributed by atoms with Crippen LogP contribution < -0.4 is 15.5 Å². The molecule has 1 fully saturated rings. The predicted octanol–water partition coefficient (Wildman–Crippen LogP) is 1.43. The SMILES string of the molecule is O=C(NCC(O)c1ccco1)NC1CCN(c2ncccc2F)C1. The van der Waals surface area contributed by atoms with E-state index in [1.807, 2.05) is 0 Å². The smallest absolute Gasteiger partial charge is 0.315 e. The van der Waals surface area contributed by atoms with Gasteiger partial charge in [0.05, 0.1) is 12.8 Å². The number of aliphatic hydroxyl groups excluding tert-OH is 1. The molecule has 7 nitrogen and oxygen atoms in total. The Morgan fingerprint density at radius 3 is 3.12 bits per heavy atom. The first-order valence-corrected chi connectivity index (χ1v) is 7.75. The number of pyridine rings is 1. The van der Waals surface area contributed by atoms with Gasteiger partial charge in [0.25, 0.3) is 0 Å². The Labute approximate surface area is 138 Å². The fourth-order valence-electron chi connectivity index (χ4n) is 2.69. The molecule has 1 aliphatic heterocycles. The summed E-state index contributed by atoms with van der Waals surface area (Å²) in [7, 11) is 0. The van der Waals surface area contributed by atoms with Crippen molar-refractivity contribution in [1.82, 2.24) is 15.6 Å². The molecule has 2 aromatic rings. The molecule has 2 amide bonds. The molecule has 0 radical (unpaired) electrons. The molecule has 24 heavy (non-hydrogen) atoms. The third kappa shape index (κ3) is 3.83. The van der Waals surface area contributed by atoms with Crippen LogP contribution in [0.4, 0.5) is 15.0 Å². The van der Waals surface area contributed by atoms with Crippen molar-refractivity contribution in [2.24, 2.45) is 0 Å². The molecule has 0 aliphatic carbocycles. The highest BCUT2D eigenvalue weighted by Crippen LogP contribution is 2.20. The second kappa shape index (κ2) is 7.31. The Morgan fingerprint density at radius 2 is 2.38 bits per heavy atom. The average molecular weight is 334 g/mol. The van der Waals surface area contributed by atoms with E-state index in [1.54, 1.807) is 29.3 Å². The monoisotopic (exact) mass is 334 g/mol. The summed E-state index contributed by atoms with van der Waals surface area (Å²) in [6, 6.07) is 5.73. The third-order valence-electron chi connectivity index (χ3n) is 3.89. The number of halogens is 1. The largest absolute Gasteiger partial charge is 0.467 e. The number of amides is 2. The number of carbonyl (C=O) groups is 1. The van der Waals surface area contributed by atoms with Crippen molar-refractivity contribution in [3.8, 4) is 0 Å². The molecule has 3 N–H and O–H groups in total. The lowest BCUT2D eigenvalue weighted by Gasteiger charge is -2.18. The van der Waals surface area contributed by atoms with Gasteiger partial charge in [-0.25, -0.2) is 14.2 Å². The van der Waals surface area contributed by atoms with Crippen LogP contribution in [0.2, 0.25) is 0 Å². The molecule has 1 saturated heterocycles. The molecule has 0 bridgehead atoms. The van der Waals surface area contributed by atoms with E-state index in [1.165, 1.54) is 12.3 Å². The minimum atomic E-state index is -0.895. The van der Waals surface area contributed by atoms with Crippen LogP contribution in [0.25, 0.3) is 0 Å². The van der Waals surface area contributed by atoms with Crippen LogP contribution in [0.1, 0.15) is 18.3 Å². The van der Waals surface area contributed by atoms with Crippen LogP contribution in [0, 0.1) is 5.82 Å². The summed E-state index contributed by atoms with van der Waals surface area (Å²) >= 11 is 0. The number of nitrogens with one attached hydrogen (secondary N) is 2. The van der Waals surface area contributed by atoms with Gasteiger partial charge in [-0.2, -0.15) is 0 Å². The summed E-state index contributed by atoms with van der Waals surface area (Å²) in [4.78, 5) is 17.8. The standard InChI is InChI=1S/C16H19FN4O3/c17-12-3-1-6-18-15(12)21-7-5-11(10-21)20-16(23)19-9-13(22)14-4-2-8-24-14/h1-4,6,8,11,13,22H,5,7,9-10H2,(H2,19,20,23). The molecule has 2 unspecified atom stereocenters. The first-order valence-electron chi connectivity index (χ1n) is 7.75. The Bertz CT molecular complexity index is 680. The summed E-state index contributed by atoms with van der Waals surface area (Å²) in [5.74, 6) is 0.326. The lowest BCUT2D eigenvalue weighted by molar-refractivity contribution is 0.147. The quantitative estimate of drug-likeness (QED) is 0.769.